The van der Waals surface area contributed by atoms with Crippen molar-refractivity contribution < 1.29 is 14.6 Å². The maximum absolute atomic E-state index is 10.2. The van der Waals surface area contributed by atoms with Crippen molar-refractivity contribution in [1.29, 1.82) is 0 Å². The van der Waals surface area contributed by atoms with E-state index < -0.39 is 12.1 Å². The van der Waals surface area contributed by atoms with Gasteiger partial charge in [0.15, 0.2) is 11.5 Å². The van der Waals surface area contributed by atoms with Crippen molar-refractivity contribution in [3.8, 4) is 11.5 Å². The van der Waals surface area contributed by atoms with Crippen LogP contribution < -0.4 is 15.2 Å². The van der Waals surface area contributed by atoms with Crippen LogP contribution in [0.1, 0.15) is 32.4 Å². The summed E-state index contributed by atoms with van der Waals surface area (Å²) in [6.45, 7) is 7.02. The summed E-state index contributed by atoms with van der Waals surface area (Å²) in [5.41, 5.74) is 6.72. The molecule has 1 aromatic rings. The normalized spacial score (nSPS) is 18.3. The Morgan fingerprint density at radius 2 is 1.78 bits per heavy atom. The van der Waals surface area contributed by atoms with Gasteiger partial charge in [0.25, 0.3) is 0 Å². The third kappa shape index (κ3) is 2.60. The Kier molecular flexibility index (Phi) is 3.50. The van der Waals surface area contributed by atoms with Crippen LogP contribution in [0.3, 0.4) is 0 Å². The van der Waals surface area contributed by atoms with Crippen molar-refractivity contribution in [2.24, 2.45) is 11.1 Å². The first-order valence-electron chi connectivity index (χ1n) is 6.23. The molecule has 0 aromatic heterocycles. The molecule has 0 saturated heterocycles. The van der Waals surface area contributed by atoms with Gasteiger partial charge in [0, 0.05) is 0 Å². The van der Waals surface area contributed by atoms with E-state index in [-0.39, 0.29) is 5.41 Å². The molecule has 0 radical (unpaired) electrons. The molecule has 2 rings (SSSR count). The number of ether oxygens (including phenoxy) is 2. The van der Waals surface area contributed by atoms with E-state index in [0.717, 1.165) is 11.3 Å². The molecule has 4 nitrogen and oxygen atoms in total. The fraction of sp³-hybridized carbons (Fsp3) is 0.571. The van der Waals surface area contributed by atoms with Crippen molar-refractivity contribution in [2.75, 3.05) is 13.2 Å². The van der Waals surface area contributed by atoms with Gasteiger partial charge < -0.3 is 20.3 Å². The largest absolute Gasteiger partial charge is 0.486 e. The van der Waals surface area contributed by atoms with Crippen LogP contribution in [0.4, 0.5) is 0 Å². The summed E-state index contributed by atoms with van der Waals surface area (Å²) in [7, 11) is 0. The highest BCUT2D eigenvalue weighted by atomic mass is 16.6. The first kappa shape index (κ1) is 13.2. The van der Waals surface area contributed by atoms with Crippen LogP contribution in [0.25, 0.3) is 0 Å². The number of aliphatic hydroxyl groups is 1. The molecule has 0 unspecified atom stereocenters. The predicted octanol–water partition coefficient (Wildman–Crippen LogP) is 1.86. The Balaban J connectivity index is 2.23. The molecular formula is C14H21NO3. The van der Waals surface area contributed by atoms with Gasteiger partial charge in [-0.3, -0.25) is 0 Å². The van der Waals surface area contributed by atoms with Crippen LogP contribution in [0, 0.1) is 5.41 Å². The predicted molar refractivity (Wildman–Crippen MR) is 69.8 cm³/mol. The van der Waals surface area contributed by atoms with Crippen LogP contribution >= 0.6 is 0 Å². The van der Waals surface area contributed by atoms with E-state index in [2.05, 4.69) is 0 Å². The first-order chi connectivity index (χ1) is 8.39. The number of aliphatic hydroxyl groups excluding tert-OH is 1. The fourth-order valence-corrected chi connectivity index (χ4v) is 1.99. The molecule has 0 amide bonds. The van der Waals surface area contributed by atoms with E-state index >= 15 is 0 Å². The average molecular weight is 251 g/mol. The molecule has 0 fully saturated rings. The van der Waals surface area contributed by atoms with Crippen molar-refractivity contribution in [2.45, 2.75) is 32.9 Å². The Morgan fingerprint density at radius 3 is 2.39 bits per heavy atom. The number of nitrogens with two attached hydrogens (primary N) is 1. The lowest BCUT2D eigenvalue weighted by molar-refractivity contribution is 0.0399. The second kappa shape index (κ2) is 4.78. The molecule has 1 aliphatic heterocycles. The minimum absolute atomic E-state index is 0.257. The topological polar surface area (TPSA) is 64.7 Å². The molecule has 1 aromatic carbocycles. The lowest BCUT2D eigenvalue weighted by Gasteiger charge is -2.31. The number of benzene rings is 1. The quantitative estimate of drug-likeness (QED) is 0.842. The van der Waals surface area contributed by atoms with E-state index in [1.807, 2.05) is 39.0 Å². The smallest absolute Gasteiger partial charge is 0.161 e. The van der Waals surface area contributed by atoms with Gasteiger partial charge in [-0.05, 0) is 23.1 Å². The standard InChI is InChI=1S/C14H21NO3/c1-14(2,3)13(16)12(15)9-4-5-10-11(8-9)18-7-6-17-10/h4-5,8,12-13,16H,6-7,15H2,1-3H3/t12-,13-/m1/s1. The molecular weight excluding hydrogens is 230 g/mol. The maximum Gasteiger partial charge on any atom is 0.161 e. The summed E-state index contributed by atoms with van der Waals surface area (Å²) in [4.78, 5) is 0. The minimum Gasteiger partial charge on any atom is -0.486 e. The number of hydrogen-bond acceptors (Lipinski definition) is 4. The van der Waals surface area contributed by atoms with Gasteiger partial charge in [-0.2, -0.15) is 0 Å². The number of fused-ring (bicyclic) bond motifs is 1. The zero-order valence-electron chi connectivity index (χ0n) is 11.1. The molecule has 1 heterocycles. The van der Waals surface area contributed by atoms with Crippen molar-refractivity contribution in [1.82, 2.24) is 0 Å². The zero-order chi connectivity index (χ0) is 13.3. The van der Waals surface area contributed by atoms with Crippen molar-refractivity contribution >= 4 is 0 Å². The molecule has 2 atom stereocenters. The van der Waals surface area contributed by atoms with Crippen molar-refractivity contribution in [3.63, 3.8) is 0 Å². The molecule has 0 aliphatic carbocycles. The molecule has 3 N–H and O–H groups in total. The van der Waals surface area contributed by atoms with E-state index in [9.17, 15) is 5.11 Å². The third-order valence-corrected chi connectivity index (χ3v) is 3.18. The molecule has 4 heteroatoms. The molecule has 0 saturated carbocycles. The van der Waals surface area contributed by atoms with Gasteiger partial charge in [0.05, 0.1) is 12.1 Å². The summed E-state index contributed by atoms with van der Waals surface area (Å²) in [5, 5.41) is 10.2. The van der Waals surface area contributed by atoms with Crippen LogP contribution in [0.2, 0.25) is 0 Å². The van der Waals surface area contributed by atoms with Crippen LogP contribution in [-0.2, 0) is 0 Å². The monoisotopic (exact) mass is 251 g/mol. The highest BCUT2D eigenvalue weighted by molar-refractivity contribution is 5.44. The number of hydrogen-bond donors (Lipinski definition) is 2. The summed E-state index contributed by atoms with van der Waals surface area (Å²) >= 11 is 0. The molecule has 0 bridgehead atoms. The van der Waals surface area contributed by atoms with E-state index in [1.54, 1.807) is 0 Å². The lowest BCUT2D eigenvalue weighted by Crippen LogP contribution is -2.37. The second-order valence-electron chi connectivity index (χ2n) is 5.74. The van der Waals surface area contributed by atoms with E-state index in [0.29, 0.717) is 19.0 Å². The molecule has 18 heavy (non-hydrogen) atoms. The number of rotatable bonds is 2. The van der Waals surface area contributed by atoms with Crippen LogP contribution in [0.15, 0.2) is 18.2 Å². The molecule has 0 spiro atoms. The highest BCUT2D eigenvalue weighted by Crippen LogP contribution is 2.35. The first-order valence-corrected chi connectivity index (χ1v) is 6.23. The van der Waals surface area contributed by atoms with E-state index in [1.165, 1.54) is 0 Å². The van der Waals surface area contributed by atoms with Gasteiger partial charge in [-0.1, -0.05) is 26.8 Å². The Labute approximate surface area is 108 Å². The fourth-order valence-electron chi connectivity index (χ4n) is 1.99. The van der Waals surface area contributed by atoms with Gasteiger partial charge in [0.2, 0.25) is 0 Å². The van der Waals surface area contributed by atoms with Crippen LogP contribution in [-0.4, -0.2) is 24.4 Å². The summed E-state index contributed by atoms with van der Waals surface area (Å²) in [6, 6.07) is 5.15. The SMILES string of the molecule is CC(C)(C)[C@H](O)[C@H](N)c1ccc2c(c1)OCCO2. The highest BCUT2D eigenvalue weighted by Gasteiger charge is 2.29. The van der Waals surface area contributed by atoms with Gasteiger partial charge >= 0.3 is 0 Å². The maximum atomic E-state index is 10.2. The summed E-state index contributed by atoms with van der Waals surface area (Å²) < 4.78 is 11.0. The second-order valence-corrected chi connectivity index (χ2v) is 5.74. The molecule has 100 valence electrons. The zero-order valence-corrected chi connectivity index (χ0v) is 11.1. The summed E-state index contributed by atoms with van der Waals surface area (Å²) in [6.07, 6.45) is -0.611. The van der Waals surface area contributed by atoms with Gasteiger partial charge in [-0.15, -0.1) is 0 Å². The summed E-state index contributed by atoms with van der Waals surface area (Å²) in [5.74, 6) is 1.44. The lowest BCUT2D eigenvalue weighted by atomic mass is 9.82. The minimum atomic E-state index is -0.611. The Bertz CT molecular complexity index is 426. The van der Waals surface area contributed by atoms with Crippen molar-refractivity contribution in [3.05, 3.63) is 23.8 Å². The Hall–Kier alpha value is -1.26. The molecule has 1 aliphatic rings. The van der Waals surface area contributed by atoms with Gasteiger partial charge in [-0.25, -0.2) is 0 Å². The third-order valence-electron chi connectivity index (χ3n) is 3.18. The average Bonchev–Trinajstić information content (AvgIpc) is 2.35. The van der Waals surface area contributed by atoms with Gasteiger partial charge in [0.1, 0.15) is 13.2 Å². The van der Waals surface area contributed by atoms with E-state index in [4.69, 9.17) is 15.2 Å². The van der Waals surface area contributed by atoms with Crippen LogP contribution in [0.5, 0.6) is 11.5 Å². The Morgan fingerprint density at radius 1 is 1.17 bits per heavy atom.